The fourth-order valence-electron chi connectivity index (χ4n) is 4.82. The predicted molar refractivity (Wildman–Crippen MR) is 171 cm³/mol. The zero-order chi connectivity index (χ0) is 29.3. The molecule has 214 valence electrons. The van der Waals surface area contributed by atoms with E-state index in [-0.39, 0.29) is 5.91 Å². The summed E-state index contributed by atoms with van der Waals surface area (Å²) >= 11 is 1.65. The minimum absolute atomic E-state index is 0.0787. The fraction of sp³-hybridized carbons (Fsp3) is 0.200. The van der Waals surface area contributed by atoms with Crippen LogP contribution in [0.2, 0.25) is 0 Å². The summed E-state index contributed by atoms with van der Waals surface area (Å²) < 4.78 is 13.1. The van der Waals surface area contributed by atoms with Crippen molar-refractivity contribution < 1.29 is 14.3 Å². The Morgan fingerprint density at radius 2 is 1.33 bits per heavy atom. The highest BCUT2D eigenvalue weighted by Gasteiger charge is 2.20. The van der Waals surface area contributed by atoms with Crippen molar-refractivity contribution in [1.82, 2.24) is 14.9 Å². The van der Waals surface area contributed by atoms with Crippen molar-refractivity contribution in [3.05, 3.63) is 109 Å². The number of amides is 1. The average molecular weight is 578 g/mol. The zero-order valence-corrected chi connectivity index (χ0v) is 25.0. The Morgan fingerprint density at radius 1 is 0.762 bits per heavy atom. The van der Waals surface area contributed by atoms with E-state index in [4.69, 9.17) is 14.5 Å². The first kappa shape index (κ1) is 29.0. The molecule has 5 rings (SSSR count). The van der Waals surface area contributed by atoms with Crippen LogP contribution >= 0.6 is 11.8 Å². The van der Waals surface area contributed by atoms with Gasteiger partial charge < -0.3 is 19.4 Å². The maximum absolute atomic E-state index is 12.8. The molecule has 5 aromatic rings. The number of carbonyl (C=O) groups excluding carboxylic acids is 1. The molecule has 0 fully saturated rings. The average Bonchev–Trinajstić information content (AvgIpc) is 3.41. The maximum Gasteiger partial charge on any atom is 0.251 e. The van der Waals surface area contributed by atoms with Gasteiger partial charge in [0, 0.05) is 35.5 Å². The van der Waals surface area contributed by atoms with Crippen LogP contribution in [-0.4, -0.2) is 42.0 Å². The highest BCUT2D eigenvalue weighted by molar-refractivity contribution is 7.99. The third-order valence-corrected chi connectivity index (χ3v) is 7.96. The molecule has 1 N–H and O–H groups in total. The van der Waals surface area contributed by atoms with Gasteiger partial charge in [-0.1, -0.05) is 61.2 Å². The molecule has 0 aliphatic rings. The lowest BCUT2D eigenvalue weighted by atomic mass is 10.0. The molecule has 0 saturated carbocycles. The third-order valence-electron chi connectivity index (χ3n) is 6.98. The molecule has 0 saturated heterocycles. The third kappa shape index (κ3) is 6.69. The number of benzene rings is 4. The number of rotatable bonds is 12. The summed E-state index contributed by atoms with van der Waals surface area (Å²) in [6.45, 7) is 3.52. The van der Waals surface area contributed by atoms with Crippen LogP contribution in [0.3, 0.4) is 0 Å². The summed E-state index contributed by atoms with van der Waals surface area (Å²) in [5.41, 5.74) is 6.94. The first-order valence-electron chi connectivity index (χ1n) is 14.1. The van der Waals surface area contributed by atoms with E-state index in [1.807, 2.05) is 78.9 Å². The molecule has 0 aliphatic carbocycles. The lowest BCUT2D eigenvalue weighted by Gasteiger charge is -2.13. The number of thioether (sulfide) groups is 1. The smallest absolute Gasteiger partial charge is 0.251 e. The second-order valence-electron chi connectivity index (χ2n) is 9.75. The van der Waals surface area contributed by atoms with E-state index in [0.29, 0.717) is 17.9 Å². The van der Waals surface area contributed by atoms with Crippen LogP contribution in [0.15, 0.2) is 108 Å². The van der Waals surface area contributed by atoms with Crippen LogP contribution in [0, 0.1) is 0 Å². The topological polar surface area (TPSA) is 65.4 Å². The van der Waals surface area contributed by atoms with Crippen molar-refractivity contribution in [1.29, 1.82) is 0 Å². The second-order valence-corrected chi connectivity index (χ2v) is 10.8. The number of aromatic nitrogens is 2. The van der Waals surface area contributed by atoms with E-state index in [9.17, 15) is 4.79 Å². The van der Waals surface area contributed by atoms with E-state index in [1.165, 1.54) is 0 Å². The molecule has 4 aromatic carbocycles. The Balaban J connectivity index is 1.33. The molecule has 0 atom stereocenters. The van der Waals surface area contributed by atoms with Crippen LogP contribution in [-0.2, 0) is 6.54 Å². The second kappa shape index (κ2) is 13.9. The Morgan fingerprint density at radius 3 is 1.93 bits per heavy atom. The van der Waals surface area contributed by atoms with Crippen LogP contribution in [0.25, 0.3) is 33.6 Å². The van der Waals surface area contributed by atoms with Gasteiger partial charge in [-0.25, -0.2) is 4.98 Å². The van der Waals surface area contributed by atoms with E-state index >= 15 is 0 Å². The molecule has 1 amide bonds. The van der Waals surface area contributed by atoms with Crippen molar-refractivity contribution in [2.75, 3.05) is 26.5 Å². The molecule has 0 aliphatic heterocycles. The SMILES string of the molecule is CCCn1c(SCCNC(=O)c2ccc(-c3ccccc3)cc2)nc(-c2ccc(OC)cc2)c1-c1ccc(OC)cc1. The summed E-state index contributed by atoms with van der Waals surface area (Å²) in [6.07, 6.45) is 0.963. The molecule has 7 heteroatoms. The van der Waals surface area contributed by atoms with Gasteiger partial charge in [-0.05, 0) is 78.2 Å². The van der Waals surface area contributed by atoms with Gasteiger partial charge in [0.25, 0.3) is 5.91 Å². The van der Waals surface area contributed by atoms with E-state index in [2.05, 4.69) is 41.1 Å². The van der Waals surface area contributed by atoms with Gasteiger partial charge in [0.1, 0.15) is 11.5 Å². The van der Waals surface area contributed by atoms with Crippen molar-refractivity contribution in [2.45, 2.75) is 25.0 Å². The quantitative estimate of drug-likeness (QED) is 0.121. The predicted octanol–water partition coefficient (Wildman–Crippen LogP) is 7.83. The summed E-state index contributed by atoms with van der Waals surface area (Å²) in [7, 11) is 3.34. The highest BCUT2D eigenvalue weighted by atomic mass is 32.2. The van der Waals surface area contributed by atoms with Gasteiger partial charge in [0.05, 0.1) is 25.6 Å². The van der Waals surface area contributed by atoms with Gasteiger partial charge in [-0.3, -0.25) is 4.79 Å². The fourth-order valence-corrected chi connectivity index (χ4v) is 5.70. The summed E-state index contributed by atoms with van der Waals surface area (Å²) in [5, 5.41) is 3.99. The minimum atomic E-state index is -0.0787. The Hall–Kier alpha value is -4.49. The monoisotopic (exact) mass is 577 g/mol. The van der Waals surface area contributed by atoms with Crippen molar-refractivity contribution in [3.8, 4) is 45.1 Å². The molecule has 0 spiro atoms. The molecule has 1 aromatic heterocycles. The lowest BCUT2D eigenvalue weighted by Crippen LogP contribution is -2.25. The van der Waals surface area contributed by atoms with Gasteiger partial charge in [-0.15, -0.1) is 0 Å². The number of methoxy groups -OCH3 is 2. The number of nitrogens with one attached hydrogen (secondary N) is 1. The molecule has 6 nitrogen and oxygen atoms in total. The van der Waals surface area contributed by atoms with Crippen molar-refractivity contribution >= 4 is 17.7 Å². The molecular formula is C35H35N3O3S. The number of ether oxygens (including phenoxy) is 2. The van der Waals surface area contributed by atoms with Gasteiger partial charge in [-0.2, -0.15) is 0 Å². The van der Waals surface area contributed by atoms with Crippen LogP contribution < -0.4 is 14.8 Å². The standard InChI is InChI=1S/C35H35N3O3S/c1-4-23-38-33(28-16-20-31(41-3)21-17-28)32(27-14-18-30(40-2)19-15-27)37-35(38)42-24-22-36-34(39)29-12-10-26(11-13-29)25-8-6-5-7-9-25/h5-21H,4,22-24H2,1-3H3,(H,36,39). The number of hydrogen-bond donors (Lipinski definition) is 1. The number of nitrogens with zero attached hydrogens (tertiary/aromatic N) is 2. The number of imidazole rings is 1. The molecular weight excluding hydrogens is 542 g/mol. The Kier molecular flexibility index (Phi) is 9.62. The summed E-state index contributed by atoms with van der Waals surface area (Å²) in [6, 6.07) is 34.0. The van der Waals surface area contributed by atoms with E-state index < -0.39 is 0 Å². The molecule has 0 radical (unpaired) electrons. The van der Waals surface area contributed by atoms with E-state index in [0.717, 1.165) is 63.3 Å². The first-order chi connectivity index (χ1) is 20.6. The molecule has 42 heavy (non-hydrogen) atoms. The Labute approximate surface area is 251 Å². The summed E-state index contributed by atoms with van der Waals surface area (Å²) in [5.74, 6) is 2.23. The molecule has 1 heterocycles. The van der Waals surface area contributed by atoms with Gasteiger partial charge in [0.2, 0.25) is 0 Å². The lowest BCUT2D eigenvalue weighted by molar-refractivity contribution is 0.0956. The number of carbonyl (C=O) groups is 1. The maximum atomic E-state index is 12.8. The van der Waals surface area contributed by atoms with Gasteiger partial charge in [0.15, 0.2) is 5.16 Å². The van der Waals surface area contributed by atoms with Crippen molar-refractivity contribution in [2.24, 2.45) is 0 Å². The highest BCUT2D eigenvalue weighted by Crippen LogP contribution is 2.37. The van der Waals surface area contributed by atoms with E-state index in [1.54, 1.807) is 26.0 Å². The minimum Gasteiger partial charge on any atom is -0.497 e. The first-order valence-corrected chi connectivity index (χ1v) is 15.1. The zero-order valence-electron chi connectivity index (χ0n) is 24.2. The van der Waals surface area contributed by atoms with Gasteiger partial charge >= 0.3 is 0 Å². The molecule has 0 unspecified atom stereocenters. The summed E-state index contributed by atoms with van der Waals surface area (Å²) in [4.78, 5) is 18.0. The number of hydrogen-bond acceptors (Lipinski definition) is 5. The Bertz CT molecular complexity index is 1600. The van der Waals surface area contributed by atoms with Crippen LogP contribution in [0.5, 0.6) is 11.5 Å². The van der Waals surface area contributed by atoms with Crippen molar-refractivity contribution in [3.63, 3.8) is 0 Å². The normalized spacial score (nSPS) is 10.8. The molecule has 0 bridgehead atoms. The van der Waals surface area contributed by atoms with Crippen LogP contribution in [0.4, 0.5) is 0 Å². The largest absolute Gasteiger partial charge is 0.497 e. The van der Waals surface area contributed by atoms with Crippen LogP contribution in [0.1, 0.15) is 23.7 Å².